The van der Waals surface area contributed by atoms with Crippen molar-refractivity contribution in [3.63, 3.8) is 0 Å². The lowest BCUT2D eigenvalue weighted by atomic mass is 10.0. The Morgan fingerprint density at radius 3 is 2.41 bits per heavy atom. The van der Waals surface area contributed by atoms with Crippen LogP contribution in [0.3, 0.4) is 0 Å². The summed E-state index contributed by atoms with van der Waals surface area (Å²) in [6.07, 6.45) is 8.89. The zero-order valence-electron chi connectivity index (χ0n) is 11.2. The Morgan fingerprint density at radius 2 is 1.82 bits per heavy atom. The van der Waals surface area contributed by atoms with Gasteiger partial charge >= 0.3 is 0 Å². The van der Waals surface area contributed by atoms with Gasteiger partial charge in [0, 0.05) is 19.0 Å². The Balaban J connectivity index is 1.78. The van der Waals surface area contributed by atoms with Gasteiger partial charge in [-0.25, -0.2) is 0 Å². The van der Waals surface area contributed by atoms with Gasteiger partial charge in [-0.05, 0) is 38.6 Å². The maximum Gasteiger partial charge on any atom is 0.0971 e. The molecule has 98 valence electrons. The number of likely N-dealkylation sites (tertiary alicyclic amines) is 1. The van der Waals surface area contributed by atoms with E-state index in [1.807, 2.05) is 0 Å². The number of piperidine rings is 1. The van der Waals surface area contributed by atoms with Crippen molar-refractivity contribution in [2.24, 2.45) is 16.6 Å². The van der Waals surface area contributed by atoms with Crippen molar-refractivity contribution in [2.75, 3.05) is 19.6 Å². The van der Waals surface area contributed by atoms with E-state index in [2.05, 4.69) is 11.8 Å². The van der Waals surface area contributed by atoms with E-state index in [0.717, 1.165) is 5.84 Å². The van der Waals surface area contributed by atoms with Crippen LogP contribution in [0.15, 0.2) is 4.99 Å². The van der Waals surface area contributed by atoms with Crippen LogP contribution in [0.5, 0.6) is 0 Å². The lowest BCUT2D eigenvalue weighted by Gasteiger charge is -2.30. The molecular weight excluding hydrogens is 210 g/mol. The first-order valence-electron chi connectivity index (χ1n) is 7.35. The summed E-state index contributed by atoms with van der Waals surface area (Å²) >= 11 is 0. The monoisotopic (exact) mass is 237 g/mol. The molecule has 0 amide bonds. The maximum atomic E-state index is 6.14. The van der Waals surface area contributed by atoms with Gasteiger partial charge in [0.15, 0.2) is 0 Å². The van der Waals surface area contributed by atoms with Gasteiger partial charge in [-0.3, -0.25) is 4.99 Å². The second-order valence-corrected chi connectivity index (χ2v) is 5.61. The Labute approximate surface area is 105 Å². The van der Waals surface area contributed by atoms with E-state index in [-0.39, 0.29) is 0 Å². The zero-order valence-corrected chi connectivity index (χ0v) is 11.2. The number of nitrogens with two attached hydrogens (primary N) is 1. The summed E-state index contributed by atoms with van der Waals surface area (Å²) in [5.41, 5.74) is 6.14. The number of aliphatic imine (C=N–C) groups is 1. The van der Waals surface area contributed by atoms with E-state index in [1.165, 1.54) is 64.6 Å². The lowest BCUT2D eigenvalue weighted by molar-refractivity contribution is 0.214. The molecule has 1 heterocycles. The van der Waals surface area contributed by atoms with E-state index in [0.29, 0.717) is 12.0 Å². The van der Waals surface area contributed by atoms with Crippen molar-refractivity contribution >= 4 is 5.84 Å². The highest BCUT2D eigenvalue weighted by Gasteiger charge is 2.22. The molecule has 0 radical (unpaired) electrons. The minimum absolute atomic E-state index is 0.503. The molecule has 1 saturated carbocycles. The first-order chi connectivity index (χ1) is 8.29. The smallest absolute Gasteiger partial charge is 0.0971 e. The third-order valence-electron chi connectivity index (χ3n) is 4.20. The second-order valence-electron chi connectivity index (χ2n) is 5.61. The van der Waals surface area contributed by atoms with Gasteiger partial charge in [-0.2, -0.15) is 0 Å². The van der Waals surface area contributed by atoms with Crippen LogP contribution in [-0.4, -0.2) is 36.4 Å². The molecule has 0 bridgehead atoms. The molecule has 3 nitrogen and oxygen atoms in total. The highest BCUT2D eigenvalue weighted by Crippen LogP contribution is 2.25. The van der Waals surface area contributed by atoms with E-state index < -0.39 is 0 Å². The average Bonchev–Trinajstić information content (AvgIpc) is 2.86. The van der Waals surface area contributed by atoms with Crippen LogP contribution in [-0.2, 0) is 0 Å². The van der Waals surface area contributed by atoms with E-state index in [1.54, 1.807) is 0 Å². The van der Waals surface area contributed by atoms with Gasteiger partial charge in [0.25, 0.3) is 0 Å². The highest BCUT2D eigenvalue weighted by molar-refractivity contribution is 5.83. The molecule has 0 aromatic heterocycles. The largest absolute Gasteiger partial charge is 0.387 e. The maximum absolute atomic E-state index is 6.14. The average molecular weight is 237 g/mol. The topological polar surface area (TPSA) is 41.6 Å². The van der Waals surface area contributed by atoms with Crippen LogP contribution in [0.25, 0.3) is 0 Å². The second kappa shape index (κ2) is 6.39. The molecule has 1 aliphatic carbocycles. The molecule has 0 atom stereocenters. The SMILES string of the molecule is CCCN1CCC(N=C(N)C2CCCC2)CC1. The molecular formula is C14H27N3. The predicted molar refractivity (Wildman–Crippen MR) is 73.3 cm³/mol. The molecule has 0 aromatic rings. The first-order valence-corrected chi connectivity index (χ1v) is 7.35. The van der Waals surface area contributed by atoms with Crippen LogP contribution >= 0.6 is 0 Å². The number of amidine groups is 1. The first kappa shape index (κ1) is 12.9. The van der Waals surface area contributed by atoms with Crippen molar-refractivity contribution in [3.8, 4) is 0 Å². The van der Waals surface area contributed by atoms with Crippen molar-refractivity contribution in [1.29, 1.82) is 0 Å². The fourth-order valence-electron chi connectivity index (χ4n) is 3.13. The molecule has 0 spiro atoms. The van der Waals surface area contributed by atoms with Crippen LogP contribution in [0.1, 0.15) is 51.9 Å². The molecule has 2 fully saturated rings. The number of rotatable bonds is 4. The quantitative estimate of drug-likeness (QED) is 0.602. The number of nitrogens with zero attached hydrogens (tertiary/aromatic N) is 2. The highest BCUT2D eigenvalue weighted by atomic mass is 15.1. The molecule has 17 heavy (non-hydrogen) atoms. The van der Waals surface area contributed by atoms with Crippen LogP contribution in [0.4, 0.5) is 0 Å². The molecule has 0 unspecified atom stereocenters. The van der Waals surface area contributed by atoms with Crippen LogP contribution in [0.2, 0.25) is 0 Å². The van der Waals surface area contributed by atoms with Crippen molar-refractivity contribution in [1.82, 2.24) is 4.90 Å². The number of hydrogen-bond acceptors (Lipinski definition) is 2. The van der Waals surface area contributed by atoms with E-state index in [9.17, 15) is 0 Å². The molecule has 3 heteroatoms. The summed E-state index contributed by atoms with van der Waals surface area (Å²) in [7, 11) is 0. The Kier molecular flexibility index (Phi) is 4.84. The van der Waals surface area contributed by atoms with Crippen LogP contribution in [0, 0.1) is 5.92 Å². The molecule has 0 aromatic carbocycles. The fraction of sp³-hybridized carbons (Fsp3) is 0.929. The normalized spacial score (nSPS) is 25.6. The van der Waals surface area contributed by atoms with Gasteiger partial charge in [0.2, 0.25) is 0 Å². The lowest BCUT2D eigenvalue weighted by Crippen LogP contribution is -2.37. The number of hydrogen-bond donors (Lipinski definition) is 1. The van der Waals surface area contributed by atoms with Gasteiger partial charge in [-0.1, -0.05) is 19.8 Å². The van der Waals surface area contributed by atoms with Crippen LogP contribution < -0.4 is 5.73 Å². The third kappa shape index (κ3) is 3.70. The summed E-state index contributed by atoms with van der Waals surface area (Å²) < 4.78 is 0. The van der Waals surface area contributed by atoms with Gasteiger partial charge in [0.05, 0.1) is 11.9 Å². The Morgan fingerprint density at radius 1 is 1.18 bits per heavy atom. The Hall–Kier alpha value is -0.570. The molecule has 1 aliphatic heterocycles. The standard InChI is InChI=1S/C14H27N3/c1-2-9-17-10-7-13(8-11-17)16-14(15)12-5-3-4-6-12/h12-13H,2-11H2,1H3,(H2,15,16). The van der Waals surface area contributed by atoms with E-state index >= 15 is 0 Å². The molecule has 2 aliphatic rings. The summed E-state index contributed by atoms with van der Waals surface area (Å²) in [5, 5.41) is 0. The minimum Gasteiger partial charge on any atom is -0.387 e. The van der Waals surface area contributed by atoms with Gasteiger partial charge in [-0.15, -0.1) is 0 Å². The van der Waals surface area contributed by atoms with Gasteiger partial charge in [0.1, 0.15) is 0 Å². The predicted octanol–water partition coefficient (Wildman–Crippen LogP) is 2.41. The van der Waals surface area contributed by atoms with Crippen molar-refractivity contribution in [2.45, 2.75) is 57.9 Å². The zero-order chi connectivity index (χ0) is 12.1. The summed E-state index contributed by atoms with van der Waals surface area (Å²) in [6, 6.07) is 0.503. The summed E-state index contributed by atoms with van der Waals surface area (Å²) in [4.78, 5) is 7.33. The Bertz CT molecular complexity index is 248. The third-order valence-corrected chi connectivity index (χ3v) is 4.20. The molecule has 1 saturated heterocycles. The molecule has 2 rings (SSSR count). The van der Waals surface area contributed by atoms with Crippen molar-refractivity contribution < 1.29 is 0 Å². The molecule has 2 N–H and O–H groups in total. The summed E-state index contributed by atoms with van der Waals surface area (Å²) in [5.74, 6) is 1.56. The minimum atomic E-state index is 0.503. The van der Waals surface area contributed by atoms with Gasteiger partial charge < -0.3 is 10.6 Å². The van der Waals surface area contributed by atoms with E-state index in [4.69, 9.17) is 10.7 Å². The van der Waals surface area contributed by atoms with Crippen molar-refractivity contribution in [3.05, 3.63) is 0 Å². The summed E-state index contributed by atoms with van der Waals surface area (Å²) in [6.45, 7) is 5.91. The fourth-order valence-corrected chi connectivity index (χ4v) is 3.13.